The standard InChI is InChI=1S/C15H19FO4/c1-10-8-12(2-3-13(10)16)20-9-15(19)6-4-11(5-7-15)14(17)18/h2-3,8,11,19H,4-7,9H2,1H3,(H,17,18). The van der Waals surface area contributed by atoms with E-state index in [0.29, 0.717) is 37.0 Å². The topological polar surface area (TPSA) is 66.8 Å². The first-order valence-corrected chi connectivity index (χ1v) is 6.74. The second kappa shape index (κ2) is 5.79. The predicted molar refractivity (Wildman–Crippen MR) is 71.2 cm³/mol. The number of aryl methyl sites for hydroxylation is 1. The van der Waals surface area contributed by atoms with Gasteiger partial charge in [-0.25, -0.2) is 4.39 Å². The lowest BCUT2D eigenvalue weighted by Crippen LogP contribution is -2.41. The maximum absolute atomic E-state index is 13.1. The number of carbonyl (C=O) groups is 1. The number of hydrogen-bond acceptors (Lipinski definition) is 3. The van der Waals surface area contributed by atoms with Crippen molar-refractivity contribution in [3.8, 4) is 5.75 Å². The van der Waals surface area contributed by atoms with Crippen molar-refractivity contribution in [2.45, 2.75) is 38.2 Å². The van der Waals surface area contributed by atoms with Gasteiger partial charge < -0.3 is 14.9 Å². The molecule has 1 fully saturated rings. The minimum atomic E-state index is -0.992. The molecule has 0 spiro atoms. The Kier molecular flexibility index (Phi) is 4.28. The minimum absolute atomic E-state index is 0.102. The van der Waals surface area contributed by atoms with Crippen LogP contribution in [0.4, 0.5) is 4.39 Å². The first-order chi connectivity index (χ1) is 9.39. The highest BCUT2D eigenvalue weighted by Crippen LogP contribution is 2.33. The summed E-state index contributed by atoms with van der Waals surface area (Å²) < 4.78 is 18.6. The summed E-state index contributed by atoms with van der Waals surface area (Å²) in [6, 6.07) is 4.44. The van der Waals surface area contributed by atoms with E-state index < -0.39 is 11.6 Å². The molecule has 0 bridgehead atoms. The molecule has 0 atom stereocenters. The third-order valence-corrected chi connectivity index (χ3v) is 3.90. The second-order valence-corrected chi connectivity index (χ2v) is 5.54. The number of aliphatic hydroxyl groups is 1. The van der Waals surface area contributed by atoms with Crippen LogP contribution in [0.1, 0.15) is 31.2 Å². The Morgan fingerprint density at radius 2 is 2.10 bits per heavy atom. The number of carboxylic acids is 1. The van der Waals surface area contributed by atoms with E-state index in [2.05, 4.69) is 0 Å². The van der Waals surface area contributed by atoms with Gasteiger partial charge in [0, 0.05) is 0 Å². The van der Waals surface area contributed by atoms with E-state index in [-0.39, 0.29) is 18.3 Å². The molecule has 2 rings (SSSR count). The van der Waals surface area contributed by atoms with Gasteiger partial charge in [-0.05, 0) is 56.4 Å². The SMILES string of the molecule is Cc1cc(OCC2(O)CCC(C(=O)O)CC2)ccc1F. The monoisotopic (exact) mass is 282 g/mol. The summed E-state index contributed by atoms with van der Waals surface area (Å²) in [4.78, 5) is 10.9. The average Bonchev–Trinajstić information content (AvgIpc) is 2.41. The quantitative estimate of drug-likeness (QED) is 0.890. The molecule has 0 aromatic heterocycles. The molecule has 110 valence electrons. The van der Waals surface area contributed by atoms with Crippen LogP contribution >= 0.6 is 0 Å². The summed E-state index contributed by atoms with van der Waals surface area (Å²) in [7, 11) is 0. The lowest BCUT2D eigenvalue weighted by molar-refractivity contribution is -0.145. The molecule has 5 heteroatoms. The molecule has 4 nitrogen and oxygen atoms in total. The Hall–Kier alpha value is -1.62. The molecule has 1 aliphatic rings. The van der Waals surface area contributed by atoms with E-state index in [9.17, 15) is 14.3 Å². The summed E-state index contributed by atoms with van der Waals surface area (Å²) in [6.45, 7) is 1.75. The van der Waals surface area contributed by atoms with E-state index in [1.807, 2.05) is 0 Å². The van der Waals surface area contributed by atoms with Crippen molar-refractivity contribution in [1.82, 2.24) is 0 Å². The third kappa shape index (κ3) is 3.48. The number of ether oxygens (including phenoxy) is 1. The first-order valence-electron chi connectivity index (χ1n) is 6.74. The van der Waals surface area contributed by atoms with Gasteiger partial charge >= 0.3 is 5.97 Å². The average molecular weight is 282 g/mol. The summed E-state index contributed by atoms with van der Waals surface area (Å²) in [5.74, 6) is -0.957. The van der Waals surface area contributed by atoms with Gasteiger partial charge in [-0.1, -0.05) is 0 Å². The van der Waals surface area contributed by atoms with Gasteiger partial charge in [0.1, 0.15) is 18.2 Å². The highest BCUT2D eigenvalue weighted by molar-refractivity contribution is 5.70. The Morgan fingerprint density at radius 3 is 2.65 bits per heavy atom. The van der Waals surface area contributed by atoms with Crippen LogP contribution < -0.4 is 4.74 Å². The fourth-order valence-electron chi connectivity index (χ4n) is 2.47. The van der Waals surface area contributed by atoms with Crippen LogP contribution in [0, 0.1) is 18.7 Å². The lowest BCUT2D eigenvalue weighted by Gasteiger charge is -2.34. The van der Waals surface area contributed by atoms with Crippen LogP contribution in [0.5, 0.6) is 5.75 Å². The van der Waals surface area contributed by atoms with Crippen molar-refractivity contribution in [3.63, 3.8) is 0 Å². The van der Waals surface area contributed by atoms with Crippen molar-refractivity contribution in [3.05, 3.63) is 29.6 Å². The fourth-order valence-corrected chi connectivity index (χ4v) is 2.47. The van der Waals surface area contributed by atoms with Gasteiger partial charge in [-0.2, -0.15) is 0 Å². The normalized spacial score (nSPS) is 26.2. The number of rotatable bonds is 4. The predicted octanol–water partition coefficient (Wildman–Crippen LogP) is 2.52. The van der Waals surface area contributed by atoms with Crippen LogP contribution in [0.15, 0.2) is 18.2 Å². The molecule has 0 radical (unpaired) electrons. The van der Waals surface area contributed by atoms with Crippen molar-refractivity contribution in [2.24, 2.45) is 5.92 Å². The molecule has 20 heavy (non-hydrogen) atoms. The summed E-state index contributed by atoms with van der Waals surface area (Å²) in [6.07, 6.45) is 1.73. The molecule has 0 heterocycles. The van der Waals surface area contributed by atoms with Crippen molar-refractivity contribution in [1.29, 1.82) is 0 Å². The minimum Gasteiger partial charge on any atom is -0.491 e. The van der Waals surface area contributed by atoms with Crippen molar-refractivity contribution < 1.29 is 24.1 Å². The number of hydrogen-bond donors (Lipinski definition) is 2. The largest absolute Gasteiger partial charge is 0.491 e. The van der Waals surface area contributed by atoms with Crippen molar-refractivity contribution >= 4 is 5.97 Å². The molecule has 0 amide bonds. The van der Waals surface area contributed by atoms with E-state index in [1.54, 1.807) is 13.0 Å². The smallest absolute Gasteiger partial charge is 0.306 e. The van der Waals surface area contributed by atoms with Gasteiger partial charge in [-0.15, -0.1) is 0 Å². The Bertz CT molecular complexity index is 493. The second-order valence-electron chi connectivity index (χ2n) is 5.54. The number of halogens is 1. The maximum Gasteiger partial charge on any atom is 0.306 e. The molecule has 2 N–H and O–H groups in total. The summed E-state index contributed by atoms with van der Waals surface area (Å²) in [5, 5.41) is 19.3. The Morgan fingerprint density at radius 1 is 1.45 bits per heavy atom. The third-order valence-electron chi connectivity index (χ3n) is 3.90. The number of carboxylic acid groups (broad SMARTS) is 1. The number of benzene rings is 1. The van der Waals surface area contributed by atoms with Crippen LogP contribution in [0.3, 0.4) is 0 Å². The van der Waals surface area contributed by atoms with Gasteiger partial charge in [0.25, 0.3) is 0 Å². The van der Waals surface area contributed by atoms with Gasteiger partial charge in [0.2, 0.25) is 0 Å². The fraction of sp³-hybridized carbons (Fsp3) is 0.533. The highest BCUT2D eigenvalue weighted by atomic mass is 19.1. The molecule has 1 aromatic rings. The van der Waals surface area contributed by atoms with Crippen LogP contribution in [-0.2, 0) is 4.79 Å². The first kappa shape index (κ1) is 14.8. The highest BCUT2D eigenvalue weighted by Gasteiger charge is 2.36. The van der Waals surface area contributed by atoms with E-state index in [4.69, 9.17) is 9.84 Å². The number of aliphatic carboxylic acids is 1. The Labute approximate surface area is 117 Å². The zero-order valence-electron chi connectivity index (χ0n) is 11.4. The maximum atomic E-state index is 13.1. The molecule has 0 unspecified atom stereocenters. The zero-order chi connectivity index (χ0) is 14.8. The molecule has 1 aromatic carbocycles. The lowest BCUT2D eigenvalue weighted by atomic mass is 9.79. The summed E-state index contributed by atoms with van der Waals surface area (Å²) >= 11 is 0. The molecular weight excluding hydrogens is 263 g/mol. The van der Waals surface area contributed by atoms with Crippen LogP contribution in [0.25, 0.3) is 0 Å². The Balaban J connectivity index is 1.90. The van der Waals surface area contributed by atoms with E-state index in [1.165, 1.54) is 12.1 Å². The van der Waals surface area contributed by atoms with E-state index in [0.717, 1.165) is 0 Å². The summed E-state index contributed by atoms with van der Waals surface area (Å²) in [5.41, 5.74) is -0.502. The van der Waals surface area contributed by atoms with Gasteiger partial charge in [0.05, 0.1) is 11.5 Å². The molecule has 0 saturated heterocycles. The molecular formula is C15H19FO4. The zero-order valence-corrected chi connectivity index (χ0v) is 11.4. The van der Waals surface area contributed by atoms with Crippen LogP contribution in [0.2, 0.25) is 0 Å². The molecule has 0 aliphatic heterocycles. The molecule has 1 saturated carbocycles. The van der Waals surface area contributed by atoms with E-state index >= 15 is 0 Å². The van der Waals surface area contributed by atoms with Crippen molar-refractivity contribution in [2.75, 3.05) is 6.61 Å². The van der Waals surface area contributed by atoms with Gasteiger partial charge in [-0.3, -0.25) is 4.79 Å². The van der Waals surface area contributed by atoms with Crippen LogP contribution in [-0.4, -0.2) is 28.4 Å². The molecule has 1 aliphatic carbocycles. The van der Waals surface area contributed by atoms with Gasteiger partial charge in [0.15, 0.2) is 0 Å².